The Hall–Kier alpha value is -3.03. The Morgan fingerprint density at radius 3 is 2.67 bits per heavy atom. The van der Waals surface area contributed by atoms with Gasteiger partial charge in [0.25, 0.3) is 0 Å². The average Bonchev–Trinajstić information content (AvgIpc) is 2.75. The molecule has 1 heterocycles. The maximum absolute atomic E-state index is 12.7. The van der Waals surface area contributed by atoms with Crippen molar-refractivity contribution in [3.8, 4) is 0 Å². The van der Waals surface area contributed by atoms with Crippen molar-refractivity contribution in [3.63, 3.8) is 0 Å². The molecular weight excluding hydrogens is 422 g/mol. The Balaban J connectivity index is 1.73. The number of carbonyl (C=O) groups is 2. The number of hydrogen-bond donors (Lipinski definition) is 2. The predicted molar refractivity (Wildman–Crippen MR) is 119 cm³/mol. The first-order valence-electron chi connectivity index (χ1n) is 9.14. The van der Waals surface area contributed by atoms with Gasteiger partial charge in [-0.2, -0.15) is 0 Å². The first kappa shape index (κ1) is 21.7. The number of carbonyl (C=O) groups excluding carboxylic acids is 1. The Bertz CT molecular complexity index is 1050. The standard InChI is InChI=1S/C22H20ClN3O3S/c1-15-18(23)8-5-9-19(15)26(30-21-10-2-3-11-24-21)14-20(27)25-13-16-6-4-7-17(12-16)22(28)29/h2-12H,13-14H2,1H3,(H,25,27)(H,28,29). The van der Waals surface area contributed by atoms with Crippen LogP contribution in [0.3, 0.4) is 0 Å². The van der Waals surface area contributed by atoms with Gasteiger partial charge < -0.3 is 14.7 Å². The first-order chi connectivity index (χ1) is 14.4. The summed E-state index contributed by atoms with van der Waals surface area (Å²) in [5, 5.41) is 13.3. The van der Waals surface area contributed by atoms with Crippen LogP contribution >= 0.6 is 23.5 Å². The number of carboxylic acid groups (broad SMARTS) is 1. The van der Waals surface area contributed by atoms with Crippen molar-refractivity contribution < 1.29 is 14.7 Å². The molecular formula is C22H20ClN3O3S. The molecule has 6 nitrogen and oxygen atoms in total. The number of anilines is 1. The van der Waals surface area contributed by atoms with Crippen LogP contribution in [0.5, 0.6) is 0 Å². The van der Waals surface area contributed by atoms with Gasteiger partial charge in [-0.1, -0.05) is 35.9 Å². The molecule has 154 valence electrons. The summed E-state index contributed by atoms with van der Waals surface area (Å²) in [5.41, 5.74) is 2.58. The smallest absolute Gasteiger partial charge is 0.335 e. The lowest BCUT2D eigenvalue weighted by Gasteiger charge is -2.24. The van der Waals surface area contributed by atoms with Crippen LogP contribution in [0.15, 0.2) is 71.9 Å². The molecule has 30 heavy (non-hydrogen) atoms. The van der Waals surface area contributed by atoms with E-state index in [4.69, 9.17) is 16.7 Å². The quantitative estimate of drug-likeness (QED) is 0.498. The third kappa shape index (κ3) is 5.75. The molecule has 3 aromatic rings. The summed E-state index contributed by atoms with van der Waals surface area (Å²) in [6.07, 6.45) is 1.70. The largest absolute Gasteiger partial charge is 0.478 e. The van der Waals surface area contributed by atoms with Crippen LogP contribution < -0.4 is 9.62 Å². The van der Waals surface area contributed by atoms with E-state index in [1.165, 1.54) is 18.0 Å². The van der Waals surface area contributed by atoms with Crippen LogP contribution in [0.2, 0.25) is 5.02 Å². The zero-order valence-corrected chi connectivity index (χ0v) is 17.8. The lowest BCUT2D eigenvalue weighted by molar-refractivity contribution is -0.119. The van der Waals surface area contributed by atoms with E-state index in [1.54, 1.807) is 30.5 Å². The number of hydrogen-bond acceptors (Lipinski definition) is 5. The van der Waals surface area contributed by atoms with Gasteiger partial charge in [0.05, 0.1) is 11.3 Å². The molecule has 1 aromatic heterocycles. The second-order valence-corrected chi connectivity index (χ2v) is 7.91. The zero-order chi connectivity index (χ0) is 21.5. The van der Waals surface area contributed by atoms with E-state index >= 15 is 0 Å². The molecule has 0 unspecified atom stereocenters. The fourth-order valence-corrected chi connectivity index (χ4v) is 3.87. The number of amides is 1. The molecule has 0 spiro atoms. The minimum Gasteiger partial charge on any atom is -0.478 e. The van der Waals surface area contributed by atoms with E-state index in [9.17, 15) is 9.59 Å². The maximum atomic E-state index is 12.7. The summed E-state index contributed by atoms with van der Waals surface area (Å²) >= 11 is 7.63. The van der Waals surface area contributed by atoms with E-state index < -0.39 is 5.97 Å². The Labute approximate surface area is 184 Å². The van der Waals surface area contributed by atoms with Gasteiger partial charge in [-0.05, 0) is 54.4 Å². The third-order valence-corrected chi connectivity index (χ3v) is 5.68. The molecule has 8 heteroatoms. The minimum atomic E-state index is -1.00. The topological polar surface area (TPSA) is 82.5 Å². The van der Waals surface area contributed by atoms with Crippen LogP contribution in [0.1, 0.15) is 21.5 Å². The Morgan fingerprint density at radius 1 is 1.13 bits per heavy atom. The number of carboxylic acids is 1. The summed E-state index contributed by atoms with van der Waals surface area (Å²) in [6.45, 7) is 2.20. The Kier molecular flexibility index (Phi) is 7.32. The highest BCUT2D eigenvalue weighted by Gasteiger charge is 2.17. The number of aromatic nitrogens is 1. The lowest BCUT2D eigenvalue weighted by Crippen LogP contribution is -2.34. The number of nitrogens with one attached hydrogen (secondary N) is 1. The molecule has 0 aliphatic heterocycles. The van der Waals surface area contributed by atoms with Crippen molar-refractivity contribution in [1.82, 2.24) is 10.3 Å². The molecule has 2 N–H and O–H groups in total. The van der Waals surface area contributed by atoms with Crippen LogP contribution in [-0.2, 0) is 11.3 Å². The van der Waals surface area contributed by atoms with Crippen molar-refractivity contribution in [3.05, 3.63) is 88.6 Å². The average molecular weight is 442 g/mol. The zero-order valence-electron chi connectivity index (χ0n) is 16.2. The van der Waals surface area contributed by atoms with Crippen molar-refractivity contribution >= 4 is 41.1 Å². The van der Waals surface area contributed by atoms with Gasteiger partial charge in [0.1, 0.15) is 11.6 Å². The van der Waals surface area contributed by atoms with Crippen LogP contribution in [-0.4, -0.2) is 28.5 Å². The van der Waals surface area contributed by atoms with Crippen molar-refractivity contribution in [2.45, 2.75) is 18.5 Å². The van der Waals surface area contributed by atoms with E-state index in [1.807, 2.05) is 41.6 Å². The van der Waals surface area contributed by atoms with E-state index in [0.29, 0.717) is 10.6 Å². The number of aromatic carboxylic acids is 1. The molecule has 0 aliphatic rings. The second-order valence-electron chi connectivity index (χ2n) is 6.46. The van der Waals surface area contributed by atoms with E-state index in [-0.39, 0.29) is 24.6 Å². The number of benzene rings is 2. The highest BCUT2D eigenvalue weighted by Crippen LogP contribution is 2.33. The summed E-state index contributed by atoms with van der Waals surface area (Å²) in [5.74, 6) is -1.21. The molecule has 0 saturated carbocycles. The van der Waals surface area contributed by atoms with Crippen molar-refractivity contribution in [1.29, 1.82) is 0 Å². The fraction of sp³-hybridized carbons (Fsp3) is 0.136. The molecule has 0 fully saturated rings. The van der Waals surface area contributed by atoms with Crippen LogP contribution in [0.4, 0.5) is 5.69 Å². The monoisotopic (exact) mass is 441 g/mol. The van der Waals surface area contributed by atoms with Crippen molar-refractivity contribution in [2.24, 2.45) is 0 Å². The molecule has 0 aliphatic carbocycles. The van der Waals surface area contributed by atoms with Gasteiger partial charge >= 0.3 is 5.97 Å². The molecule has 0 radical (unpaired) electrons. The van der Waals surface area contributed by atoms with E-state index in [2.05, 4.69) is 10.3 Å². The molecule has 2 aromatic carbocycles. The highest BCUT2D eigenvalue weighted by atomic mass is 35.5. The van der Waals surface area contributed by atoms with E-state index in [0.717, 1.165) is 16.3 Å². The molecule has 1 amide bonds. The van der Waals surface area contributed by atoms with Crippen molar-refractivity contribution in [2.75, 3.05) is 10.8 Å². The summed E-state index contributed by atoms with van der Waals surface area (Å²) in [4.78, 5) is 28.1. The predicted octanol–water partition coefficient (Wildman–Crippen LogP) is 4.57. The fourth-order valence-electron chi connectivity index (χ4n) is 2.75. The molecule has 0 atom stereocenters. The lowest BCUT2D eigenvalue weighted by atomic mass is 10.1. The van der Waals surface area contributed by atoms with Gasteiger partial charge in [0.15, 0.2) is 0 Å². The maximum Gasteiger partial charge on any atom is 0.335 e. The number of halogens is 1. The van der Waals surface area contributed by atoms with Gasteiger partial charge in [0.2, 0.25) is 5.91 Å². The second kappa shape index (κ2) is 10.1. The summed E-state index contributed by atoms with van der Waals surface area (Å²) < 4.78 is 1.84. The number of nitrogens with zero attached hydrogens (tertiary/aromatic N) is 2. The number of rotatable bonds is 8. The summed E-state index contributed by atoms with van der Waals surface area (Å²) in [7, 11) is 0. The number of pyridine rings is 1. The van der Waals surface area contributed by atoms with Gasteiger partial charge in [0, 0.05) is 29.7 Å². The van der Waals surface area contributed by atoms with Gasteiger partial charge in [-0.15, -0.1) is 0 Å². The summed E-state index contributed by atoms with van der Waals surface area (Å²) in [6, 6.07) is 17.6. The Morgan fingerprint density at radius 2 is 1.93 bits per heavy atom. The van der Waals surface area contributed by atoms with Gasteiger partial charge in [-0.3, -0.25) is 4.79 Å². The van der Waals surface area contributed by atoms with Gasteiger partial charge in [-0.25, -0.2) is 9.78 Å². The highest BCUT2D eigenvalue weighted by molar-refractivity contribution is 8.00. The van der Waals surface area contributed by atoms with Crippen LogP contribution in [0.25, 0.3) is 0 Å². The minimum absolute atomic E-state index is 0.0705. The SMILES string of the molecule is Cc1c(Cl)cccc1N(CC(=O)NCc1cccc(C(=O)O)c1)Sc1ccccn1. The first-order valence-corrected chi connectivity index (χ1v) is 10.3. The van der Waals surface area contributed by atoms with Crippen LogP contribution in [0, 0.1) is 6.92 Å². The molecule has 0 saturated heterocycles. The molecule has 3 rings (SSSR count). The normalized spacial score (nSPS) is 10.5. The molecule has 0 bridgehead atoms. The third-order valence-electron chi connectivity index (χ3n) is 4.30.